The van der Waals surface area contributed by atoms with E-state index in [1.54, 1.807) is 0 Å². The number of amides is 1. The predicted octanol–water partition coefficient (Wildman–Crippen LogP) is 1.40. The summed E-state index contributed by atoms with van der Waals surface area (Å²) in [6, 6.07) is 0. The molecule has 0 aromatic rings. The van der Waals surface area contributed by atoms with E-state index in [2.05, 4.69) is 5.32 Å². The second-order valence-electron chi connectivity index (χ2n) is 5.14. The molecule has 1 aliphatic heterocycles. The molecule has 6 heteroatoms. The van der Waals surface area contributed by atoms with Crippen LogP contribution >= 0.6 is 0 Å². The lowest BCUT2D eigenvalue weighted by atomic mass is 9.84. The number of carbonyl (C=O) groups excluding carboxylic acids is 1. The Morgan fingerprint density at radius 1 is 1.47 bits per heavy atom. The smallest absolute Gasteiger partial charge is 0.345 e. The van der Waals surface area contributed by atoms with Crippen LogP contribution in [0.15, 0.2) is 0 Å². The number of nitrogens with zero attached hydrogens (tertiary/aromatic N) is 1. The fourth-order valence-corrected chi connectivity index (χ4v) is 2.37. The number of alkyl halides is 3. The fraction of sp³-hybridized carbons (Fsp3) is 0.909. The van der Waals surface area contributed by atoms with Crippen LogP contribution in [0.2, 0.25) is 0 Å². The number of hydrogen-bond donors (Lipinski definition) is 1. The van der Waals surface area contributed by atoms with Gasteiger partial charge in [-0.3, -0.25) is 4.79 Å². The largest absolute Gasteiger partial charge is 0.404 e. The average Bonchev–Trinajstić information content (AvgIpc) is 2.89. The summed E-state index contributed by atoms with van der Waals surface area (Å²) >= 11 is 0. The standard InChI is InChI=1S/C11H17F3N2O/c1-16(6-8-2-3-8)9(17)10(11(12,13)14)4-5-15-7-10/h8,15H,2-7H2,1H3. The molecule has 2 fully saturated rings. The van der Waals surface area contributed by atoms with Crippen LogP contribution in [-0.4, -0.2) is 43.7 Å². The molecule has 1 atom stereocenters. The summed E-state index contributed by atoms with van der Waals surface area (Å²) in [6.45, 7) is 0.420. The van der Waals surface area contributed by atoms with E-state index >= 15 is 0 Å². The average molecular weight is 250 g/mol. The van der Waals surface area contributed by atoms with Gasteiger partial charge in [0.2, 0.25) is 5.91 Å². The van der Waals surface area contributed by atoms with Gasteiger partial charge in [0.15, 0.2) is 5.41 Å². The Morgan fingerprint density at radius 3 is 2.53 bits per heavy atom. The van der Waals surface area contributed by atoms with Crippen molar-refractivity contribution in [2.75, 3.05) is 26.7 Å². The molecule has 1 saturated heterocycles. The minimum Gasteiger partial charge on any atom is -0.345 e. The summed E-state index contributed by atoms with van der Waals surface area (Å²) in [5, 5.41) is 2.66. The van der Waals surface area contributed by atoms with Gasteiger partial charge in [-0.15, -0.1) is 0 Å². The van der Waals surface area contributed by atoms with Gasteiger partial charge < -0.3 is 10.2 Å². The van der Waals surface area contributed by atoms with Gasteiger partial charge in [-0.1, -0.05) is 0 Å². The highest BCUT2D eigenvalue weighted by molar-refractivity contribution is 5.84. The highest BCUT2D eigenvalue weighted by atomic mass is 19.4. The molecule has 3 nitrogen and oxygen atoms in total. The number of halogens is 3. The normalized spacial score (nSPS) is 29.4. The maximum absolute atomic E-state index is 13.1. The summed E-state index contributed by atoms with van der Waals surface area (Å²) in [7, 11) is 1.48. The summed E-state index contributed by atoms with van der Waals surface area (Å²) in [5.74, 6) is -0.370. The molecule has 0 spiro atoms. The third kappa shape index (κ3) is 2.27. The van der Waals surface area contributed by atoms with Gasteiger partial charge in [0.25, 0.3) is 0 Å². The van der Waals surface area contributed by atoms with Crippen molar-refractivity contribution in [3.8, 4) is 0 Å². The van der Waals surface area contributed by atoms with Crippen LogP contribution in [0.25, 0.3) is 0 Å². The Bertz CT molecular complexity index is 306. The third-order valence-corrected chi connectivity index (χ3v) is 3.68. The SMILES string of the molecule is CN(CC1CC1)C(=O)C1(C(F)(F)F)CCNC1. The molecule has 0 aromatic carbocycles. The zero-order valence-electron chi connectivity index (χ0n) is 9.81. The van der Waals surface area contributed by atoms with Crippen LogP contribution in [0.5, 0.6) is 0 Å². The first-order valence-corrected chi connectivity index (χ1v) is 5.90. The Kier molecular flexibility index (Phi) is 3.10. The van der Waals surface area contributed by atoms with Crippen molar-refractivity contribution in [1.82, 2.24) is 10.2 Å². The number of nitrogens with one attached hydrogen (secondary N) is 1. The molecule has 1 N–H and O–H groups in total. The van der Waals surface area contributed by atoms with Crippen molar-refractivity contribution >= 4 is 5.91 Å². The van der Waals surface area contributed by atoms with E-state index in [0.717, 1.165) is 12.8 Å². The van der Waals surface area contributed by atoms with Crippen LogP contribution in [0.1, 0.15) is 19.3 Å². The van der Waals surface area contributed by atoms with Crippen molar-refractivity contribution < 1.29 is 18.0 Å². The molecular weight excluding hydrogens is 233 g/mol. The Labute approximate surface area is 98.3 Å². The van der Waals surface area contributed by atoms with Crippen molar-refractivity contribution in [3.63, 3.8) is 0 Å². The maximum Gasteiger partial charge on any atom is 0.404 e. The minimum absolute atomic E-state index is 0.148. The van der Waals surface area contributed by atoms with Gasteiger partial charge in [0, 0.05) is 20.1 Å². The Hall–Kier alpha value is -0.780. The number of rotatable bonds is 3. The van der Waals surface area contributed by atoms with E-state index in [1.165, 1.54) is 11.9 Å². The van der Waals surface area contributed by atoms with Gasteiger partial charge in [-0.05, 0) is 31.7 Å². The summed E-state index contributed by atoms with van der Waals surface area (Å²) in [4.78, 5) is 13.3. The van der Waals surface area contributed by atoms with E-state index in [-0.39, 0.29) is 19.5 Å². The van der Waals surface area contributed by atoms with Crippen molar-refractivity contribution in [1.29, 1.82) is 0 Å². The molecule has 98 valence electrons. The van der Waals surface area contributed by atoms with E-state index in [0.29, 0.717) is 12.5 Å². The predicted molar refractivity (Wildman–Crippen MR) is 56.3 cm³/mol. The van der Waals surface area contributed by atoms with E-state index in [1.807, 2.05) is 0 Å². The lowest BCUT2D eigenvalue weighted by Gasteiger charge is -2.33. The van der Waals surface area contributed by atoms with E-state index in [9.17, 15) is 18.0 Å². The molecule has 2 aliphatic rings. The monoisotopic (exact) mass is 250 g/mol. The second kappa shape index (κ2) is 4.15. The molecule has 1 amide bonds. The first kappa shape index (κ1) is 12.7. The highest BCUT2D eigenvalue weighted by Gasteiger charge is 2.62. The topological polar surface area (TPSA) is 32.3 Å². The van der Waals surface area contributed by atoms with Gasteiger partial charge in [-0.2, -0.15) is 13.2 Å². The zero-order chi connectivity index (χ0) is 12.7. The molecule has 17 heavy (non-hydrogen) atoms. The second-order valence-corrected chi connectivity index (χ2v) is 5.14. The summed E-state index contributed by atoms with van der Waals surface area (Å²) in [5.41, 5.74) is -2.20. The molecule has 0 bridgehead atoms. The van der Waals surface area contributed by atoms with Crippen molar-refractivity contribution in [2.24, 2.45) is 11.3 Å². The maximum atomic E-state index is 13.1. The third-order valence-electron chi connectivity index (χ3n) is 3.68. The molecule has 1 unspecified atom stereocenters. The molecule has 1 aliphatic carbocycles. The molecule has 1 saturated carbocycles. The van der Waals surface area contributed by atoms with Gasteiger partial charge in [-0.25, -0.2) is 0 Å². The van der Waals surface area contributed by atoms with Crippen molar-refractivity contribution in [3.05, 3.63) is 0 Å². The van der Waals surface area contributed by atoms with Gasteiger partial charge in [0.05, 0.1) is 0 Å². The molecule has 2 rings (SSSR count). The zero-order valence-corrected chi connectivity index (χ0v) is 9.81. The molecule has 0 radical (unpaired) electrons. The lowest BCUT2D eigenvalue weighted by molar-refractivity contribution is -0.221. The molecular formula is C11H17F3N2O. The first-order chi connectivity index (χ1) is 7.87. The van der Waals surface area contributed by atoms with Crippen LogP contribution in [0.3, 0.4) is 0 Å². The Morgan fingerprint density at radius 2 is 2.12 bits per heavy atom. The number of hydrogen-bond acceptors (Lipinski definition) is 2. The number of carbonyl (C=O) groups is 1. The van der Waals surface area contributed by atoms with Crippen LogP contribution in [0.4, 0.5) is 13.2 Å². The quantitative estimate of drug-likeness (QED) is 0.821. The van der Waals surface area contributed by atoms with Gasteiger partial charge >= 0.3 is 6.18 Å². The van der Waals surface area contributed by atoms with Crippen molar-refractivity contribution in [2.45, 2.75) is 25.4 Å². The lowest BCUT2D eigenvalue weighted by Crippen LogP contribution is -2.53. The van der Waals surface area contributed by atoms with E-state index in [4.69, 9.17) is 0 Å². The highest BCUT2D eigenvalue weighted by Crippen LogP contribution is 2.44. The molecule has 0 aromatic heterocycles. The summed E-state index contributed by atoms with van der Waals surface area (Å²) < 4.78 is 39.3. The Balaban J connectivity index is 2.12. The van der Waals surface area contributed by atoms with Crippen LogP contribution in [-0.2, 0) is 4.79 Å². The van der Waals surface area contributed by atoms with Crippen LogP contribution < -0.4 is 5.32 Å². The minimum atomic E-state index is -4.47. The summed E-state index contributed by atoms with van der Waals surface area (Å²) in [6.07, 6.45) is -2.57. The fourth-order valence-electron chi connectivity index (χ4n) is 2.37. The van der Waals surface area contributed by atoms with Crippen LogP contribution in [0, 0.1) is 11.3 Å². The first-order valence-electron chi connectivity index (χ1n) is 5.90. The molecule has 1 heterocycles. The van der Waals surface area contributed by atoms with Gasteiger partial charge in [0.1, 0.15) is 0 Å². The van der Waals surface area contributed by atoms with E-state index < -0.39 is 17.5 Å².